The Morgan fingerprint density at radius 3 is 2.65 bits per heavy atom. The maximum Gasteiger partial charge on any atom is 0.329 e. The molecule has 0 saturated carbocycles. The van der Waals surface area contributed by atoms with E-state index in [2.05, 4.69) is 0 Å². The van der Waals surface area contributed by atoms with Crippen molar-refractivity contribution >= 4 is 17.3 Å². The lowest BCUT2D eigenvalue weighted by atomic mass is 9.83. The molecule has 2 heterocycles. The summed E-state index contributed by atoms with van der Waals surface area (Å²) in [4.78, 5) is 25.9. The number of carbonyl (C=O) groups is 1. The van der Waals surface area contributed by atoms with Crippen LogP contribution in [0, 0.1) is 10.1 Å². The largest absolute Gasteiger partial charge is 0.479 e. The summed E-state index contributed by atoms with van der Waals surface area (Å²) in [6.07, 6.45) is -1.89. The third-order valence-corrected chi connectivity index (χ3v) is 6.51. The lowest BCUT2D eigenvalue weighted by molar-refractivity contribution is -0.385. The second-order valence-electron chi connectivity index (χ2n) is 8.47. The lowest BCUT2D eigenvalue weighted by Crippen LogP contribution is -2.63. The zero-order chi connectivity index (χ0) is 24.6. The number of ether oxygens (including phenoxy) is 4. The van der Waals surface area contributed by atoms with Gasteiger partial charge >= 0.3 is 5.97 Å². The first kappa shape index (κ1) is 23.9. The summed E-state index contributed by atoms with van der Waals surface area (Å²) in [5.41, 5.74) is 0.476. The molecule has 2 aromatic rings. The predicted molar refractivity (Wildman–Crippen MR) is 122 cm³/mol. The highest BCUT2D eigenvalue weighted by Gasteiger charge is 2.56. The second kappa shape index (κ2) is 9.21. The van der Waals surface area contributed by atoms with E-state index in [-0.39, 0.29) is 12.3 Å². The van der Waals surface area contributed by atoms with Crippen molar-refractivity contribution < 1.29 is 33.8 Å². The van der Waals surface area contributed by atoms with Gasteiger partial charge in [0.25, 0.3) is 5.69 Å². The van der Waals surface area contributed by atoms with E-state index in [9.17, 15) is 20.0 Å². The summed E-state index contributed by atoms with van der Waals surface area (Å²) < 4.78 is 22.4. The molecule has 10 heteroatoms. The molecule has 0 aliphatic carbocycles. The van der Waals surface area contributed by atoms with Crippen molar-refractivity contribution in [2.45, 2.75) is 50.3 Å². The van der Waals surface area contributed by atoms with Gasteiger partial charge in [0, 0.05) is 44.0 Å². The number of esters is 1. The average Bonchev–Trinajstić information content (AvgIpc) is 3.20. The quantitative estimate of drug-likeness (QED) is 0.281. The van der Waals surface area contributed by atoms with Gasteiger partial charge in [-0.3, -0.25) is 10.1 Å². The fourth-order valence-corrected chi connectivity index (χ4v) is 5.00. The summed E-state index contributed by atoms with van der Waals surface area (Å²) >= 11 is 0. The molecule has 4 rings (SSSR count). The van der Waals surface area contributed by atoms with Gasteiger partial charge < -0.3 is 29.0 Å². The van der Waals surface area contributed by atoms with E-state index in [4.69, 9.17) is 18.9 Å². The Bertz CT molecular complexity index is 1090. The zero-order valence-electron chi connectivity index (χ0n) is 19.5. The highest BCUT2D eigenvalue weighted by Crippen LogP contribution is 2.50. The number of rotatable bonds is 7. The third kappa shape index (κ3) is 3.77. The van der Waals surface area contributed by atoms with Crippen molar-refractivity contribution in [3.05, 3.63) is 63.7 Å². The number of anilines is 1. The van der Waals surface area contributed by atoms with E-state index < -0.39 is 41.0 Å². The molecule has 10 nitrogen and oxygen atoms in total. The van der Waals surface area contributed by atoms with Crippen LogP contribution in [0.4, 0.5) is 11.4 Å². The molecule has 0 unspecified atom stereocenters. The van der Waals surface area contributed by atoms with E-state index in [1.807, 2.05) is 24.3 Å². The van der Waals surface area contributed by atoms with E-state index in [0.29, 0.717) is 17.7 Å². The average molecular weight is 472 g/mol. The summed E-state index contributed by atoms with van der Waals surface area (Å²) in [5, 5.41) is 23.3. The molecule has 0 spiro atoms. The van der Waals surface area contributed by atoms with Crippen LogP contribution in [0.3, 0.4) is 0 Å². The van der Waals surface area contributed by atoms with E-state index in [1.54, 1.807) is 18.7 Å². The summed E-state index contributed by atoms with van der Waals surface area (Å²) in [7, 11) is 2.87. The van der Waals surface area contributed by atoms with Crippen molar-refractivity contribution in [2.24, 2.45) is 0 Å². The van der Waals surface area contributed by atoms with Crippen LogP contribution in [-0.4, -0.2) is 60.9 Å². The van der Waals surface area contributed by atoms with Crippen molar-refractivity contribution in [3.8, 4) is 5.75 Å². The topological polar surface area (TPSA) is 121 Å². The number of non-ortho nitro benzene ring substituents is 1. The number of aliphatic hydroxyl groups excluding tert-OH is 1. The first-order valence-electron chi connectivity index (χ1n) is 11.0. The number of fused-ring (bicyclic) bond motifs is 2. The molecule has 0 saturated heterocycles. The Kier molecular flexibility index (Phi) is 6.48. The van der Waals surface area contributed by atoms with Gasteiger partial charge in [0.1, 0.15) is 17.9 Å². The second-order valence-corrected chi connectivity index (χ2v) is 8.47. The molecule has 0 fully saturated rings. The molecule has 34 heavy (non-hydrogen) atoms. The normalized spacial score (nSPS) is 25.5. The van der Waals surface area contributed by atoms with E-state index in [0.717, 1.165) is 11.3 Å². The van der Waals surface area contributed by atoms with Crippen LogP contribution in [0.2, 0.25) is 0 Å². The van der Waals surface area contributed by atoms with E-state index in [1.165, 1.54) is 32.4 Å². The third-order valence-electron chi connectivity index (χ3n) is 6.51. The predicted octanol–water partition coefficient (Wildman–Crippen LogP) is 2.76. The van der Waals surface area contributed by atoms with Gasteiger partial charge in [-0.15, -0.1) is 0 Å². The first-order valence-corrected chi connectivity index (χ1v) is 11.0. The summed E-state index contributed by atoms with van der Waals surface area (Å²) in [6.45, 7) is 3.57. The number of hydrogen-bond acceptors (Lipinski definition) is 9. The van der Waals surface area contributed by atoms with Crippen LogP contribution in [-0.2, 0) is 25.4 Å². The monoisotopic (exact) mass is 472 g/mol. The van der Waals surface area contributed by atoms with Gasteiger partial charge in [-0.1, -0.05) is 18.2 Å². The number of hydrogen-bond donors (Lipinski definition) is 1. The van der Waals surface area contributed by atoms with Gasteiger partial charge in [-0.2, -0.15) is 0 Å². The molecule has 0 radical (unpaired) electrons. The minimum atomic E-state index is -1.39. The molecular weight excluding hydrogens is 444 g/mol. The standard InChI is InChI=1S/C24H28N2O8/c1-5-33-22(28)18-12-14-8-6-7-9-17(14)25(18)20-16-13-15(26(29)30)10-11-19(16)34-24(2,21(20)27)23(31-3)32-4/h6-11,13,18,20-21,23,27H,5,12H2,1-4H3/t18-,20-,21+,24-/m0/s1. The van der Waals surface area contributed by atoms with Crippen LogP contribution in [0.15, 0.2) is 42.5 Å². The van der Waals surface area contributed by atoms with Crippen LogP contribution in [0.5, 0.6) is 5.75 Å². The first-order chi connectivity index (χ1) is 16.3. The fourth-order valence-electron chi connectivity index (χ4n) is 5.00. The van der Waals surface area contributed by atoms with Gasteiger partial charge in [-0.25, -0.2) is 4.79 Å². The smallest absolute Gasteiger partial charge is 0.329 e. The minimum Gasteiger partial charge on any atom is -0.479 e. The lowest BCUT2D eigenvalue weighted by Gasteiger charge is -2.50. The number of nitro benzene ring substituents is 1. The molecule has 1 N–H and O–H groups in total. The minimum absolute atomic E-state index is 0.154. The molecule has 0 amide bonds. The number of nitro groups is 1. The Morgan fingerprint density at radius 1 is 1.29 bits per heavy atom. The number of benzene rings is 2. The Labute approximate surface area is 197 Å². The van der Waals surface area contributed by atoms with Gasteiger partial charge in [0.2, 0.25) is 0 Å². The van der Waals surface area contributed by atoms with Crippen LogP contribution < -0.4 is 9.64 Å². The highest BCUT2D eigenvalue weighted by atomic mass is 16.7. The van der Waals surface area contributed by atoms with Crippen LogP contribution in [0.25, 0.3) is 0 Å². The molecule has 2 aromatic carbocycles. The van der Waals surface area contributed by atoms with Crippen molar-refractivity contribution in [1.82, 2.24) is 0 Å². The van der Waals surface area contributed by atoms with Gasteiger partial charge in [0.15, 0.2) is 11.9 Å². The summed E-state index contributed by atoms with van der Waals surface area (Å²) in [5.74, 6) is -0.115. The van der Waals surface area contributed by atoms with Crippen molar-refractivity contribution in [1.29, 1.82) is 0 Å². The number of methoxy groups -OCH3 is 2. The maximum atomic E-state index is 13.0. The van der Waals surface area contributed by atoms with Crippen LogP contribution in [0.1, 0.15) is 31.0 Å². The Hall–Kier alpha value is -3.21. The number of carbonyl (C=O) groups excluding carboxylic acids is 1. The van der Waals surface area contributed by atoms with Gasteiger partial charge in [-0.05, 0) is 31.5 Å². The molecular formula is C24H28N2O8. The Morgan fingerprint density at radius 2 is 2.00 bits per heavy atom. The molecule has 182 valence electrons. The number of aliphatic hydroxyl groups is 1. The number of para-hydroxylation sites is 1. The van der Waals surface area contributed by atoms with Crippen molar-refractivity contribution in [3.63, 3.8) is 0 Å². The van der Waals surface area contributed by atoms with Gasteiger partial charge in [0.05, 0.1) is 17.6 Å². The number of nitrogens with zero attached hydrogens (tertiary/aromatic N) is 2. The highest BCUT2D eigenvalue weighted by molar-refractivity contribution is 5.84. The maximum absolute atomic E-state index is 13.0. The van der Waals surface area contributed by atoms with E-state index >= 15 is 0 Å². The Balaban J connectivity index is 1.93. The molecule has 0 aromatic heterocycles. The zero-order valence-corrected chi connectivity index (χ0v) is 19.5. The molecule has 2 aliphatic heterocycles. The fraction of sp³-hybridized carbons (Fsp3) is 0.458. The SMILES string of the molecule is CCOC(=O)[C@@H]1Cc2ccccc2N1[C@H]1c2cc([N+](=O)[O-])ccc2O[C@](C)(C(OC)OC)[C@@H]1O. The summed E-state index contributed by atoms with van der Waals surface area (Å²) in [6, 6.07) is 10.1. The van der Waals surface area contributed by atoms with Crippen molar-refractivity contribution in [2.75, 3.05) is 25.7 Å². The van der Waals surface area contributed by atoms with Crippen LogP contribution >= 0.6 is 0 Å². The molecule has 2 aliphatic rings. The molecule has 0 bridgehead atoms. The molecule has 4 atom stereocenters.